The van der Waals surface area contributed by atoms with E-state index >= 15 is 4.39 Å². The number of fused-ring (bicyclic) bond motifs is 1. The Morgan fingerprint density at radius 3 is 2.64 bits per heavy atom. The highest BCUT2D eigenvalue weighted by atomic mass is 127. The zero-order valence-corrected chi connectivity index (χ0v) is 20.8. The molecular weight excluding hydrogens is 565 g/mol. The highest BCUT2D eigenvalue weighted by molar-refractivity contribution is 14.1. The number of carbonyl (C=O) groups excluding carboxylic acids is 1. The molecular formula is C22H23F2IN4O3S. The molecule has 0 saturated carbocycles. The number of benzene rings is 1. The predicted octanol–water partition coefficient (Wildman–Crippen LogP) is 3.83. The first kappa shape index (κ1) is 24.2. The molecule has 1 aliphatic heterocycles. The first-order chi connectivity index (χ1) is 15.6. The minimum Gasteiger partial charge on any atom is -0.345 e. The van der Waals surface area contributed by atoms with Crippen molar-refractivity contribution in [1.82, 2.24) is 15.3 Å². The van der Waals surface area contributed by atoms with Crippen LogP contribution in [-0.2, 0) is 12.8 Å². The van der Waals surface area contributed by atoms with Crippen LogP contribution < -0.4 is 10.5 Å². The van der Waals surface area contributed by atoms with Gasteiger partial charge in [0.15, 0.2) is 2.75 Å². The summed E-state index contributed by atoms with van der Waals surface area (Å²) in [6.07, 6.45) is 4.90. The highest BCUT2D eigenvalue weighted by Crippen LogP contribution is 2.42. The van der Waals surface area contributed by atoms with Crippen molar-refractivity contribution < 1.29 is 22.0 Å². The van der Waals surface area contributed by atoms with E-state index in [1.807, 2.05) is 6.07 Å². The first-order valence-corrected chi connectivity index (χ1v) is 13.1. The molecule has 4 N–H and O–H groups in total. The summed E-state index contributed by atoms with van der Waals surface area (Å²) in [4.78, 5) is 20.6. The fraction of sp³-hybridized carbons (Fsp3) is 0.364. The van der Waals surface area contributed by atoms with E-state index in [0.717, 1.165) is 43.6 Å². The summed E-state index contributed by atoms with van der Waals surface area (Å²) in [6.45, 7) is 3.28. The van der Waals surface area contributed by atoms with Crippen LogP contribution in [0.4, 0.5) is 8.78 Å². The molecule has 0 bridgehead atoms. The van der Waals surface area contributed by atoms with E-state index in [-0.39, 0.29) is 23.5 Å². The molecule has 4 rings (SSSR count). The molecule has 7 nitrogen and oxygen atoms in total. The molecule has 0 radical (unpaired) electrons. The van der Waals surface area contributed by atoms with Gasteiger partial charge in [-0.05, 0) is 56.0 Å². The van der Waals surface area contributed by atoms with Crippen molar-refractivity contribution in [2.24, 2.45) is 5.14 Å². The van der Waals surface area contributed by atoms with Crippen molar-refractivity contribution in [3.8, 4) is 0 Å². The molecule has 11 heteroatoms. The number of rotatable bonds is 6. The van der Waals surface area contributed by atoms with Gasteiger partial charge in [0, 0.05) is 28.9 Å². The lowest BCUT2D eigenvalue weighted by molar-refractivity contribution is 0.103. The Morgan fingerprint density at radius 1 is 1.30 bits per heavy atom. The largest absolute Gasteiger partial charge is 0.345 e. The lowest BCUT2D eigenvalue weighted by Gasteiger charge is -2.25. The fourth-order valence-corrected chi connectivity index (χ4v) is 5.60. The number of pyridine rings is 1. The Hall–Kier alpha value is -1.96. The Labute approximate surface area is 203 Å². The van der Waals surface area contributed by atoms with E-state index < -0.39 is 35.8 Å². The average Bonchev–Trinajstić information content (AvgIpc) is 3.21. The van der Waals surface area contributed by atoms with E-state index in [0.29, 0.717) is 11.0 Å². The van der Waals surface area contributed by atoms with E-state index in [2.05, 4.69) is 15.3 Å². The van der Waals surface area contributed by atoms with Crippen molar-refractivity contribution in [3.05, 3.63) is 64.5 Å². The molecule has 2 aromatic heterocycles. The number of hydrogen-bond acceptors (Lipinski definition) is 5. The van der Waals surface area contributed by atoms with Crippen LogP contribution in [0.25, 0.3) is 11.0 Å². The van der Waals surface area contributed by atoms with Crippen LogP contribution in [0.1, 0.15) is 59.2 Å². The Morgan fingerprint density at radius 2 is 2.00 bits per heavy atom. The number of aromatic amines is 1. The quantitative estimate of drug-likeness (QED) is 0.230. The molecule has 0 aliphatic carbocycles. The molecule has 176 valence electrons. The zero-order valence-electron chi connectivity index (χ0n) is 17.8. The molecule has 3 aromatic rings. The van der Waals surface area contributed by atoms with Gasteiger partial charge in [-0.3, -0.25) is 4.79 Å². The number of primary sulfonamides is 1. The maximum absolute atomic E-state index is 15.5. The van der Waals surface area contributed by atoms with Crippen LogP contribution in [0.15, 0.2) is 30.6 Å². The standard InChI is InChI=1S/C22H23F2IN4O3S/c1-2-22(25,33(26,31)32)16-3-4-17(23)18(19(16)24)20(30)15-11-29-21-14(15)9-13(10-28-21)12-5-7-27-8-6-12/h3-4,9-12,27H,2,5-8H2,1H3,(H,28,29)(H2,26,31,32). The smallest absolute Gasteiger partial charge is 0.228 e. The van der Waals surface area contributed by atoms with Crippen LogP contribution >= 0.6 is 22.6 Å². The molecule has 0 amide bonds. The minimum atomic E-state index is -4.26. The number of hydrogen-bond donors (Lipinski definition) is 3. The van der Waals surface area contributed by atoms with Gasteiger partial charge in [-0.25, -0.2) is 27.3 Å². The molecule has 3 heterocycles. The van der Waals surface area contributed by atoms with E-state index in [4.69, 9.17) is 5.14 Å². The maximum atomic E-state index is 15.5. The summed E-state index contributed by atoms with van der Waals surface area (Å²) in [6, 6.07) is 3.75. The van der Waals surface area contributed by atoms with Crippen molar-refractivity contribution >= 4 is 49.4 Å². The summed E-state index contributed by atoms with van der Waals surface area (Å²) in [5.41, 5.74) is 0.271. The van der Waals surface area contributed by atoms with Crippen LogP contribution in [0, 0.1) is 11.6 Å². The van der Waals surface area contributed by atoms with Crippen LogP contribution in [-0.4, -0.2) is 37.3 Å². The van der Waals surface area contributed by atoms with E-state index in [9.17, 15) is 17.6 Å². The summed E-state index contributed by atoms with van der Waals surface area (Å²) < 4.78 is 52.9. The SMILES string of the molecule is CCC(I)(c1ccc(F)c(C(=O)c2c[nH]c3ncc(C4CCNCC4)cc23)c1F)S(N)(=O)=O. The van der Waals surface area contributed by atoms with Crippen molar-refractivity contribution in [2.75, 3.05) is 13.1 Å². The van der Waals surface area contributed by atoms with Gasteiger partial charge in [-0.1, -0.05) is 35.6 Å². The van der Waals surface area contributed by atoms with Crippen molar-refractivity contribution in [2.45, 2.75) is 34.9 Å². The van der Waals surface area contributed by atoms with Gasteiger partial charge < -0.3 is 10.3 Å². The number of piperidine rings is 1. The lowest BCUT2D eigenvalue weighted by Crippen LogP contribution is -2.36. The lowest BCUT2D eigenvalue weighted by atomic mass is 9.90. The Balaban J connectivity index is 1.83. The molecule has 1 aliphatic rings. The molecule has 1 atom stereocenters. The normalized spacial score (nSPS) is 17.2. The maximum Gasteiger partial charge on any atom is 0.228 e. The third kappa shape index (κ3) is 4.19. The van der Waals surface area contributed by atoms with E-state index in [1.165, 1.54) is 35.7 Å². The minimum absolute atomic E-state index is 0.0643. The van der Waals surface area contributed by atoms with Gasteiger partial charge in [0.1, 0.15) is 17.3 Å². The summed E-state index contributed by atoms with van der Waals surface area (Å²) >= 11 is 1.54. The van der Waals surface area contributed by atoms with Gasteiger partial charge in [0.2, 0.25) is 15.8 Å². The molecule has 33 heavy (non-hydrogen) atoms. The average molecular weight is 588 g/mol. The highest BCUT2D eigenvalue weighted by Gasteiger charge is 2.43. The molecule has 0 spiro atoms. The van der Waals surface area contributed by atoms with E-state index in [1.54, 1.807) is 6.20 Å². The zero-order chi connectivity index (χ0) is 24.0. The third-order valence-corrected chi connectivity index (χ3v) is 10.8. The second kappa shape index (κ2) is 9.01. The topological polar surface area (TPSA) is 118 Å². The van der Waals surface area contributed by atoms with Crippen LogP contribution in [0.2, 0.25) is 0 Å². The number of nitrogens with two attached hydrogens (primary N) is 1. The Bertz CT molecular complexity index is 1340. The van der Waals surface area contributed by atoms with Crippen LogP contribution in [0.5, 0.6) is 0 Å². The number of H-pyrrole nitrogens is 1. The first-order valence-electron chi connectivity index (χ1n) is 10.5. The number of sulfonamides is 1. The van der Waals surface area contributed by atoms with Gasteiger partial charge in [0.25, 0.3) is 0 Å². The molecule has 1 fully saturated rings. The summed E-state index contributed by atoms with van der Waals surface area (Å²) in [5, 5.41) is 9.11. The predicted molar refractivity (Wildman–Crippen MR) is 130 cm³/mol. The molecule has 1 saturated heterocycles. The number of aromatic nitrogens is 2. The second-order valence-corrected chi connectivity index (χ2v) is 12.5. The second-order valence-electron chi connectivity index (χ2n) is 8.13. The number of nitrogens with zero attached hydrogens (tertiary/aromatic N) is 1. The number of carbonyl (C=O) groups is 1. The monoisotopic (exact) mass is 588 g/mol. The van der Waals surface area contributed by atoms with Gasteiger partial charge in [-0.15, -0.1) is 0 Å². The number of halogens is 3. The van der Waals surface area contributed by atoms with Crippen molar-refractivity contribution in [3.63, 3.8) is 0 Å². The van der Waals surface area contributed by atoms with Gasteiger partial charge in [0.05, 0.1) is 5.56 Å². The molecule has 1 aromatic carbocycles. The number of alkyl halides is 1. The molecule has 1 unspecified atom stereocenters. The fourth-order valence-electron chi connectivity index (χ4n) is 4.31. The van der Waals surface area contributed by atoms with Crippen LogP contribution in [0.3, 0.4) is 0 Å². The summed E-state index contributed by atoms with van der Waals surface area (Å²) in [5.74, 6) is -2.94. The Kier molecular flexibility index (Phi) is 6.60. The van der Waals surface area contributed by atoms with Gasteiger partial charge in [-0.2, -0.15) is 0 Å². The van der Waals surface area contributed by atoms with Crippen molar-refractivity contribution in [1.29, 1.82) is 0 Å². The third-order valence-electron chi connectivity index (χ3n) is 6.23. The number of ketones is 1. The summed E-state index contributed by atoms with van der Waals surface area (Å²) in [7, 11) is -4.26. The van der Waals surface area contributed by atoms with Gasteiger partial charge >= 0.3 is 0 Å². The number of nitrogens with one attached hydrogen (secondary N) is 2.